The molecule has 26 heavy (non-hydrogen) atoms. The highest BCUT2D eigenvalue weighted by molar-refractivity contribution is 5.74. The van der Waals surface area contributed by atoms with Crippen molar-refractivity contribution >= 4 is 5.97 Å². The number of hydrogen-bond acceptors (Lipinski definition) is 2. The summed E-state index contributed by atoms with van der Waals surface area (Å²) in [4.78, 5) is 11.6. The van der Waals surface area contributed by atoms with Gasteiger partial charge in [-0.15, -0.1) is 0 Å². The molecule has 3 nitrogen and oxygen atoms in total. The first-order valence-corrected chi connectivity index (χ1v) is 8.64. The van der Waals surface area contributed by atoms with Crippen molar-refractivity contribution in [3.8, 4) is 16.9 Å². The Labute approximate surface area is 153 Å². The zero-order valence-corrected chi connectivity index (χ0v) is 15.0. The van der Waals surface area contributed by atoms with E-state index in [1.165, 1.54) is 11.1 Å². The van der Waals surface area contributed by atoms with E-state index in [-0.39, 0.29) is 0 Å². The molecule has 0 saturated heterocycles. The van der Waals surface area contributed by atoms with Gasteiger partial charge in [0.15, 0.2) is 6.10 Å². The summed E-state index contributed by atoms with van der Waals surface area (Å²) >= 11 is 0. The summed E-state index contributed by atoms with van der Waals surface area (Å²) in [5.74, 6) is -0.391. The lowest BCUT2D eigenvalue weighted by Gasteiger charge is -2.17. The van der Waals surface area contributed by atoms with E-state index in [1.807, 2.05) is 67.6 Å². The molecule has 0 amide bonds. The molecule has 3 aromatic carbocycles. The van der Waals surface area contributed by atoms with E-state index in [1.54, 1.807) is 0 Å². The molecule has 0 spiro atoms. The lowest BCUT2D eigenvalue weighted by molar-refractivity contribution is -0.145. The van der Waals surface area contributed by atoms with Crippen LogP contribution in [0.4, 0.5) is 0 Å². The molecule has 0 aliphatic rings. The summed E-state index contributed by atoms with van der Waals surface area (Å²) in [6.07, 6.45) is -0.587. The molecule has 132 valence electrons. The van der Waals surface area contributed by atoms with E-state index < -0.39 is 12.1 Å². The number of carbonyl (C=O) groups is 1. The van der Waals surface area contributed by atoms with E-state index in [0.717, 1.165) is 16.7 Å². The van der Waals surface area contributed by atoms with E-state index in [0.29, 0.717) is 12.2 Å². The van der Waals surface area contributed by atoms with Gasteiger partial charge in [-0.1, -0.05) is 60.7 Å². The summed E-state index contributed by atoms with van der Waals surface area (Å²) in [5.41, 5.74) is 5.51. The van der Waals surface area contributed by atoms with Crippen LogP contribution in [0.5, 0.6) is 5.75 Å². The van der Waals surface area contributed by atoms with Crippen molar-refractivity contribution in [1.29, 1.82) is 0 Å². The summed E-state index contributed by atoms with van der Waals surface area (Å²) in [6.45, 7) is 4.10. The molecule has 0 aliphatic heterocycles. The second kappa shape index (κ2) is 7.87. The van der Waals surface area contributed by atoms with Crippen LogP contribution >= 0.6 is 0 Å². The fourth-order valence-corrected chi connectivity index (χ4v) is 3.06. The van der Waals surface area contributed by atoms with Crippen LogP contribution in [-0.2, 0) is 11.2 Å². The van der Waals surface area contributed by atoms with Gasteiger partial charge in [0.1, 0.15) is 5.75 Å². The Morgan fingerprint density at radius 3 is 2.19 bits per heavy atom. The molecule has 3 rings (SSSR count). The molecule has 1 N–H and O–H groups in total. The van der Waals surface area contributed by atoms with Crippen molar-refractivity contribution in [2.45, 2.75) is 26.4 Å². The summed E-state index contributed by atoms with van der Waals surface area (Å²) < 4.78 is 5.78. The molecule has 0 radical (unpaired) electrons. The fraction of sp³-hybridized carbons (Fsp3) is 0.174. The number of aryl methyl sites for hydroxylation is 2. The molecule has 1 atom stereocenters. The third kappa shape index (κ3) is 4.12. The zero-order valence-electron chi connectivity index (χ0n) is 15.0. The highest BCUT2D eigenvalue weighted by Crippen LogP contribution is 2.29. The molecular weight excluding hydrogens is 324 g/mol. The first-order valence-electron chi connectivity index (χ1n) is 8.64. The maximum absolute atomic E-state index is 11.6. The molecule has 0 aromatic heterocycles. The van der Waals surface area contributed by atoms with Gasteiger partial charge in [0.25, 0.3) is 0 Å². The highest BCUT2D eigenvalue weighted by Gasteiger charge is 2.20. The maximum atomic E-state index is 11.6. The van der Waals surface area contributed by atoms with Crippen molar-refractivity contribution in [2.75, 3.05) is 0 Å². The Morgan fingerprint density at radius 2 is 1.54 bits per heavy atom. The van der Waals surface area contributed by atoms with Gasteiger partial charge in [-0.2, -0.15) is 0 Å². The average Bonchev–Trinajstić information content (AvgIpc) is 2.63. The molecule has 0 aliphatic carbocycles. The topological polar surface area (TPSA) is 46.5 Å². The van der Waals surface area contributed by atoms with E-state index in [4.69, 9.17) is 4.74 Å². The van der Waals surface area contributed by atoms with Gasteiger partial charge in [-0.3, -0.25) is 0 Å². The normalized spacial score (nSPS) is 11.8. The molecule has 0 unspecified atom stereocenters. The van der Waals surface area contributed by atoms with Gasteiger partial charge >= 0.3 is 5.97 Å². The maximum Gasteiger partial charge on any atom is 0.345 e. The fourth-order valence-electron chi connectivity index (χ4n) is 3.06. The van der Waals surface area contributed by atoms with E-state index >= 15 is 0 Å². The Hall–Kier alpha value is -3.07. The van der Waals surface area contributed by atoms with Crippen LogP contribution in [0.3, 0.4) is 0 Å². The van der Waals surface area contributed by atoms with Crippen molar-refractivity contribution in [1.82, 2.24) is 0 Å². The zero-order chi connectivity index (χ0) is 18.5. The lowest BCUT2D eigenvalue weighted by atomic mass is 9.96. The molecule has 3 aromatic rings. The van der Waals surface area contributed by atoms with Crippen molar-refractivity contribution in [3.63, 3.8) is 0 Å². The second-order valence-electron chi connectivity index (χ2n) is 6.43. The predicted molar refractivity (Wildman–Crippen MR) is 104 cm³/mol. The van der Waals surface area contributed by atoms with Gasteiger partial charge in [0.2, 0.25) is 0 Å². The monoisotopic (exact) mass is 346 g/mol. The number of carboxylic acids is 1. The lowest BCUT2D eigenvalue weighted by Crippen LogP contribution is -2.29. The van der Waals surface area contributed by atoms with E-state index in [2.05, 4.69) is 19.1 Å². The van der Waals surface area contributed by atoms with Crippen molar-refractivity contribution in [2.24, 2.45) is 0 Å². The Kier molecular flexibility index (Phi) is 5.37. The minimum absolute atomic E-state index is 0.328. The summed E-state index contributed by atoms with van der Waals surface area (Å²) in [7, 11) is 0. The molecule has 0 bridgehead atoms. The predicted octanol–water partition coefficient (Wildman–Crippen LogP) is 5.05. The van der Waals surface area contributed by atoms with Crippen LogP contribution in [0.15, 0.2) is 72.8 Å². The van der Waals surface area contributed by atoms with Gasteiger partial charge in [0.05, 0.1) is 0 Å². The number of carboxylic acid groups (broad SMARTS) is 1. The summed E-state index contributed by atoms with van der Waals surface area (Å²) in [6, 6.07) is 23.5. The number of benzene rings is 3. The first-order chi connectivity index (χ1) is 12.5. The minimum Gasteiger partial charge on any atom is -0.478 e. The van der Waals surface area contributed by atoms with Crippen molar-refractivity contribution in [3.05, 3.63) is 89.5 Å². The minimum atomic E-state index is -0.963. The Balaban J connectivity index is 1.82. The van der Waals surface area contributed by atoms with Crippen molar-refractivity contribution < 1.29 is 14.6 Å². The molecule has 0 fully saturated rings. The van der Waals surface area contributed by atoms with Crippen LogP contribution in [-0.4, -0.2) is 17.2 Å². The van der Waals surface area contributed by atoms with Gasteiger partial charge in [-0.05, 0) is 53.8 Å². The molecule has 0 saturated carbocycles. The largest absolute Gasteiger partial charge is 0.478 e. The van der Waals surface area contributed by atoms with Crippen LogP contribution in [0.25, 0.3) is 11.1 Å². The number of ether oxygens (including phenoxy) is 1. The number of aliphatic carboxylic acids is 1. The number of rotatable bonds is 6. The van der Waals surface area contributed by atoms with E-state index in [9.17, 15) is 9.90 Å². The molecule has 3 heteroatoms. The smallest absolute Gasteiger partial charge is 0.345 e. The average molecular weight is 346 g/mol. The second-order valence-corrected chi connectivity index (χ2v) is 6.43. The molecular formula is C23H22O3. The summed E-state index contributed by atoms with van der Waals surface area (Å²) in [5, 5.41) is 9.51. The van der Waals surface area contributed by atoms with Gasteiger partial charge < -0.3 is 9.84 Å². The van der Waals surface area contributed by atoms with Crippen LogP contribution in [0, 0.1) is 13.8 Å². The Morgan fingerprint density at radius 1 is 0.885 bits per heavy atom. The van der Waals surface area contributed by atoms with Crippen LogP contribution < -0.4 is 4.74 Å². The Bertz CT molecular complexity index is 900. The van der Waals surface area contributed by atoms with Crippen LogP contribution in [0.1, 0.15) is 16.7 Å². The quantitative estimate of drug-likeness (QED) is 0.680. The number of hydrogen-bond donors (Lipinski definition) is 1. The third-order valence-electron chi connectivity index (χ3n) is 4.45. The first kappa shape index (κ1) is 17.7. The van der Waals surface area contributed by atoms with Crippen LogP contribution in [0.2, 0.25) is 0 Å². The van der Waals surface area contributed by atoms with Gasteiger partial charge in [-0.25, -0.2) is 4.79 Å². The SMILES string of the molecule is Cc1ccccc1-c1ccc(O[C@@H](Cc2ccccc2)C(=O)O)cc1C. The molecule has 0 heterocycles. The van der Waals surface area contributed by atoms with Gasteiger partial charge in [0, 0.05) is 6.42 Å². The highest BCUT2D eigenvalue weighted by atomic mass is 16.5. The third-order valence-corrected chi connectivity index (χ3v) is 4.45. The standard InChI is InChI=1S/C23H22O3/c1-16-8-6-7-11-20(16)21-13-12-19(14-17(21)2)26-22(23(24)25)15-18-9-4-3-5-10-18/h3-14,22H,15H2,1-2H3,(H,24,25)/t22-/m0/s1.